The molecule has 0 bridgehead atoms. The SMILES string of the molecule is CCOC(=O)C1=C(c2ccccc2)NC(SCC(=O)N(c2ccccc2)c2ccccc2)=C(C#N)[C@H]1c1ccccc1Cl. The zero-order valence-corrected chi connectivity index (χ0v) is 24.9. The van der Waals surface area contributed by atoms with Crippen LogP contribution in [0.3, 0.4) is 0 Å². The number of ether oxygens (including phenoxy) is 1. The molecule has 0 saturated carbocycles. The molecule has 1 amide bonds. The molecular formula is C35H28ClN3O3S. The van der Waals surface area contributed by atoms with Crippen molar-refractivity contribution in [3.05, 3.63) is 148 Å². The van der Waals surface area contributed by atoms with E-state index in [0.29, 0.717) is 21.3 Å². The minimum atomic E-state index is -0.814. The quantitative estimate of drug-likeness (QED) is 0.196. The van der Waals surface area contributed by atoms with Crippen molar-refractivity contribution in [2.24, 2.45) is 0 Å². The van der Waals surface area contributed by atoms with Gasteiger partial charge in [-0.1, -0.05) is 108 Å². The second-order valence-electron chi connectivity index (χ2n) is 9.50. The molecule has 0 radical (unpaired) electrons. The van der Waals surface area contributed by atoms with Crippen LogP contribution in [0.1, 0.15) is 24.0 Å². The number of rotatable bonds is 9. The van der Waals surface area contributed by atoms with Gasteiger partial charge in [-0.25, -0.2) is 4.79 Å². The summed E-state index contributed by atoms with van der Waals surface area (Å²) in [4.78, 5) is 29.1. The van der Waals surface area contributed by atoms with Crippen molar-refractivity contribution in [3.63, 3.8) is 0 Å². The highest BCUT2D eigenvalue weighted by molar-refractivity contribution is 8.03. The molecule has 4 aromatic rings. The lowest BCUT2D eigenvalue weighted by atomic mass is 9.81. The lowest BCUT2D eigenvalue weighted by molar-refractivity contribution is -0.138. The third-order valence-electron chi connectivity index (χ3n) is 6.84. The number of dihydropyridines is 1. The van der Waals surface area contributed by atoms with E-state index < -0.39 is 11.9 Å². The van der Waals surface area contributed by atoms with Gasteiger partial charge in [0.2, 0.25) is 5.91 Å². The number of esters is 1. The van der Waals surface area contributed by atoms with Gasteiger partial charge in [0.15, 0.2) is 0 Å². The Kier molecular flexibility index (Phi) is 9.63. The van der Waals surface area contributed by atoms with Crippen LogP contribution in [0, 0.1) is 11.3 Å². The Bertz CT molecular complexity index is 1680. The molecule has 4 aromatic carbocycles. The minimum absolute atomic E-state index is 0.0172. The lowest BCUT2D eigenvalue weighted by Crippen LogP contribution is -2.31. The van der Waals surface area contributed by atoms with Gasteiger partial charge in [0, 0.05) is 16.4 Å². The molecule has 214 valence electrons. The van der Waals surface area contributed by atoms with Crippen LogP contribution in [0.4, 0.5) is 11.4 Å². The number of para-hydroxylation sites is 2. The molecule has 0 aliphatic carbocycles. The number of carbonyl (C=O) groups is 2. The normalized spacial score (nSPS) is 14.5. The number of allylic oxidation sites excluding steroid dienone is 1. The first kappa shape index (κ1) is 29.7. The Labute approximate surface area is 260 Å². The van der Waals surface area contributed by atoms with Crippen LogP contribution < -0.4 is 10.2 Å². The maximum atomic E-state index is 13.9. The number of halogens is 1. The molecule has 6 nitrogen and oxygen atoms in total. The van der Waals surface area contributed by atoms with Crippen molar-refractivity contribution in [2.45, 2.75) is 12.8 Å². The Morgan fingerprint density at radius 3 is 2.00 bits per heavy atom. The van der Waals surface area contributed by atoms with Crippen LogP contribution in [0.2, 0.25) is 5.02 Å². The molecule has 0 aromatic heterocycles. The monoisotopic (exact) mass is 605 g/mol. The fourth-order valence-electron chi connectivity index (χ4n) is 4.97. The Hall–Kier alpha value is -4.77. The number of carbonyl (C=O) groups excluding carboxylic acids is 2. The van der Waals surface area contributed by atoms with E-state index >= 15 is 0 Å². The molecule has 1 atom stereocenters. The average molecular weight is 606 g/mol. The summed E-state index contributed by atoms with van der Waals surface area (Å²) < 4.78 is 5.50. The molecule has 0 saturated heterocycles. The third-order valence-corrected chi connectivity index (χ3v) is 8.19. The number of nitrogens with zero attached hydrogens (tertiary/aromatic N) is 2. The molecule has 1 heterocycles. The van der Waals surface area contributed by atoms with E-state index in [2.05, 4.69) is 11.4 Å². The first-order valence-corrected chi connectivity index (χ1v) is 15.1. The number of amides is 1. The largest absolute Gasteiger partial charge is 0.463 e. The number of thioether (sulfide) groups is 1. The van der Waals surface area contributed by atoms with Gasteiger partial charge < -0.3 is 10.1 Å². The molecule has 1 aliphatic heterocycles. The van der Waals surface area contributed by atoms with Gasteiger partial charge in [0.1, 0.15) is 0 Å². The standard InChI is InChI=1S/C35H28ClN3O3S/c1-2-42-35(41)32-31(27-20-12-13-21-29(27)36)28(22-37)34(38-33(32)24-14-6-3-7-15-24)43-23-30(40)39(25-16-8-4-9-17-25)26-18-10-5-11-19-26/h3-21,31,38H,2,23H2,1H3/t31-/m1/s1. The van der Waals surface area contributed by atoms with Crippen LogP contribution in [0.25, 0.3) is 5.70 Å². The second-order valence-corrected chi connectivity index (χ2v) is 10.9. The van der Waals surface area contributed by atoms with Crippen LogP contribution in [0.15, 0.2) is 131 Å². The molecule has 0 fully saturated rings. The van der Waals surface area contributed by atoms with E-state index in [4.69, 9.17) is 16.3 Å². The molecule has 0 spiro atoms. The van der Waals surface area contributed by atoms with Gasteiger partial charge in [0.05, 0.1) is 46.2 Å². The highest BCUT2D eigenvalue weighted by Crippen LogP contribution is 2.45. The summed E-state index contributed by atoms with van der Waals surface area (Å²) in [5.41, 5.74) is 3.85. The van der Waals surface area contributed by atoms with Gasteiger partial charge in [-0.2, -0.15) is 5.26 Å². The highest BCUT2D eigenvalue weighted by atomic mass is 35.5. The first-order valence-electron chi connectivity index (χ1n) is 13.7. The highest BCUT2D eigenvalue weighted by Gasteiger charge is 2.38. The van der Waals surface area contributed by atoms with Crippen molar-refractivity contribution >= 4 is 52.3 Å². The van der Waals surface area contributed by atoms with E-state index in [-0.39, 0.29) is 29.4 Å². The number of benzene rings is 4. The molecule has 1 aliphatic rings. The Morgan fingerprint density at radius 1 is 0.884 bits per heavy atom. The predicted molar refractivity (Wildman–Crippen MR) is 172 cm³/mol. The number of anilines is 2. The summed E-state index contributed by atoms with van der Waals surface area (Å²) in [6.07, 6.45) is 0. The maximum absolute atomic E-state index is 13.9. The van der Waals surface area contributed by atoms with Crippen LogP contribution in [-0.2, 0) is 14.3 Å². The summed E-state index contributed by atoms with van der Waals surface area (Å²) in [5.74, 6) is -1.52. The minimum Gasteiger partial charge on any atom is -0.463 e. The number of hydrogen-bond donors (Lipinski definition) is 1. The third kappa shape index (κ3) is 6.51. The summed E-state index contributed by atoms with van der Waals surface area (Å²) in [6.45, 7) is 1.90. The van der Waals surface area contributed by atoms with Crippen molar-refractivity contribution in [3.8, 4) is 6.07 Å². The van der Waals surface area contributed by atoms with Crippen molar-refractivity contribution in [1.82, 2.24) is 5.32 Å². The zero-order chi connectivity index (χ0) is 30.2. The molecule has 5 rings (SSSR count). The Morgan fingerprint density at radius 2 is 1.44 bits per heavy atom. The number of hydrogen-bond acceptors (Lipinski definition) is 6. The molecular weight excluding hydrogens is 578 g/mol. The van der Waals surface area contributed by atoms with Gasteiger partial charge in [-0.3, -0.25) is 9.69 Å². The molecule has 1 N–H and O–H groups in total. The lowest BCUT2D eigenvalue weighted by Gasteiger charge is -2.31. The van der Waals surface area contributed by atoms with Crippen LogP contribution in [-0.4, -0.2) is 24.2 Å². The second kappa shape index (κ2) is 13.9. The van der Waals surface area contributed by atoms with E-state index in [0.717, 1.165) is 16.9 Å². The fourth-order valence-corrected chi connectivity index (χ4v) is 6.10. The van der Waals surface area contributed by atoms with Crippen LogP contribution >= 0.6 is 23.4 Å². The number of nitriles is 1. The maximum Gasteiger partial charge on any atom is 0.337 e. The van der Waals surface area contributed by atoms with E-state index in [1.54, 1.807) is 30.0 Å². The summed E-state index contributed by atoms with van der Waals surface area (Å²) in [7, 11) is 0. The van der Waals surface area contributed by atoms with Crippen molar-refractivity contribution < 1.29 is 14.3 Å². The summed E-state index contributed by atoms with van der Waals surface area (Å²) in [6, 6.07) is 37.7. The molecule has 8 heteroatoms. The summed E-state index contributed by atoms with van der Waals surface area (Å²) >= 11 is 7.89. The van der Waals surface area contributed by atoms with E-state index in [9.17, 15) is 14.9 Å². The van der Waals surface area contributed by atoms with Crippen LogP contribution in [0.5, 0.6) is 0 Å². The van der Waals surface area contributed by atoms with Gasteiger partial charge in [0.25, 0.3) is 0 Å². The first-order chi connectivity index (χ1) is 21.0. The van der Waals surface area contributed by atoms with E-state index in [1.165, 1.54) is 11.8 Å². The van der Waals surface area contributed by atoms with Gasteiger partial charge >= 0.3 is 5.97 Å². The molecule has 0 unspecified atom stereocenters. The average Bonchev–Trinajstić information content (AvgIpc) is 3.05. The van der Waals surface area contributed by atoms with Gasteiger partial charge in [-0.15, -0.1) is 0 Å². The molecule has 43 heavy (non-hydrogen) atoms. The van der Waals surface area contributed by atoms with Crippen molar-refractivity contribution in [2.75, 3.05) is 17.3 Å². The number of nitrogens with one attached hydrogen (secondary N) is 1. The topological polar surface area (TPSA) is 82.4 Å². The summed E-state index contributed by atoms with van der Waals surface area (Å²) in [5, 5.41) is 14.7. The van der Waals surface area contributed by atoms with Crippen molar-refractivity contribution in [1.29, 1.82) is 5.26 Å². The zero-order valence-electron chi connectivity index (χ0n) is 23.4. The Balaban J connectivity index is 1.59. The van der Waals surface area contributed by atoms with Gasteiger partial charge in [-0.05, 0) is 48.4 Å². The fraction of sp³-hybridized carbons (Fsp3) is 0.114. The predicted octanol–water partition coefficient (Wildman–Crippen LogP) is 7.83. The smallest absolute Gasteiger partial charge is 0.337 e. The van der Waals surface area contributed by atoms with E-state index in [1.807, 2.05) is 97.1 Å².